The van der Waals surface area contributed by atoms with E-state index >= 15 is 0 Å². The minimum absolute atomic E-state index is 0.0692. The number of rotatable bonds is 5. The molecule has 0 fully saturated rings. The van der Waals surface area contributed by atoms with E-state index in [1.54, 1.807) is 12.1 Å². The van der Waals surface area contributed by atoms with Gasteiger partial charge in [-0.25, -0.2) is 0 Å². The van der Waals surface area contributed by atoms with Gasteiger partial charge in [-0.2, -0.15) is 0 Å². The molecule has 32 heavy (non-hydrogen) atoms. The van der Waals surface area contributed by atoms with Crippen LogP contribution in [0.15, 0.2) is 103 Å². The monoisotopic (exact) mass is 417 g/mol. The topological polar surface area (TPSA) is 37.4 Å². The summed E-state index contributed by atoms with van der Waals surface area (Å²) in [5.74, 6) is -0.763. The lowest BCUT2D eigenvalue weighted by Gasteiger charge is -2.25. The van der Waals surface area contributed by atoms with Crippen LogP contribution in [0.5, 0.6) is 0 Å². The molecule has 4 aromatic rings. The highest BCUT2D eigenvalue weighted by atomic mass is 16.2. The van der Waals surface area contributed by atoms with Crippen LogP contribution in [0, 0.1) is 12.8 Å². The molecule has 1 aliphatic rings. The summed E-state index contributed by atoms with van der Waals surface area (Å²) in [7, 11) is 0. The Bertz CT molecular complexity index is 1240. The number of benzene rings is 4. The molecule has 0 radical (unpaired) electrons. The van der Waals surface area contributed by atoms with Gasteiger partial charge in [0.2, 0.25) is 0 Å². The number of nitrogens with zero attached hydrogens (tertiary/aromatic N) is 1. The molecule has 0 amide bonds. The molecule has 0 aliphatic heterocycles. The number of Topliss-reactive ketones (excluding diaryl/α,β-unsaturated/α-hetero) is 2. The highest BCUT2D eigenvalue weighted by molar-refractivity contribution is 6.26. The van der Waals surface area contributed by atoms with Gasteiger partial charge in [0.15, 0.2) is 11.6 Å². The zero-order valence-corrected chi connectivity index (χ0v) is 17.9. The van der Waals surface area contributed by atoms with Crippen LogP contribution in [0.4, 0.5) is 17.1 Å². The van der Waals surface area contributed by atoms with Crippen molar-refractivity contribution in [2.75, 3.05) is 4.90 Å². The predicted octanol–water partition coefficient (Wildman–Crippen LogP) is 6.70. The van der Waals surface area contributed by atoms with Gasteiger partial charge < -0.3 is 4.90 Å². The average molecular weight is 418 g/mol. The first kappa shape index (κ1) is 20.0. The molecule has 156 valence electrons. The zero-order valence-electron chi connectivity index (χ0n) is 17.9. The first-order valence-corrected chi connectivity index (χ1v) is 10.8. The number of carbonyl (C=O) groups excluding carboxylic acids is 2. The Morgan fingerprint density at radius 1 is 0.594 bits per heavy atom. The molecule has 0 heterocycles. The maximum absolute atomic E-state index is 12.8. The maximum Gasteiger partial charge on any atom is 0.174 e. The normalized spacial score (nSPS) is 13.3. The molecule has 3 nitrogen and oxygen atoms in total. The Balaban J connectivity index is 1.43. The summed E-state index contributed by atoms with van der Waals surface area (Å²) < 4.78 is 0. The Morgan fingerprint density at radius 2 is 1.06 bits per heavy atom. The van der Waals surface area contributed by atoms with Crippen LogP contribution in [0.25, 0.3) is 0 Å². The van der Waals surface area contributed by atoms with Crippen molar-refractivity contribution >= 4 is 28.6 Å². The number of anilines is 3. The van der Waals surface area contributed by atoms with Gasteiger partial charge in [0, 0.05) is 28.2 Å². The fourth-order valence-corrected chi connectivity index (χ4v) is 4.33. The second kappa shape index (κ2) is 8.27. The first-order valence-electron chi connectivity index (χ1n) is 10.8. The van der Waals surface area contributed by atoms with Crippen molar-refractivity contribution in [3.8, 4) is 0 Å². The fourth-order valence-electron chi connectivity index (χ4n) is 4.33. The molecule has 0 spiro atoms. The van der Waals surface area contributed by atoms with E-state index in [0.29, 0.717) is 17.5 Å². The number of para-hydroxylation sites is 1. The van der Waals surface area contributed by atoms with E-state index in [9.17, 15) is 9.59 Å². The molecule has 0 unspecified atom stereocenters. The van der Waals surface area contributed by atoms with Crippen LogP contribution in [0.2, 0.25) is 0 Å². The lowest BCUT2D eigenvalue weighted by Crippen LogP contribution is -2.18. The van der Waals surface area contributed by atoms with E-state index < -0.39 is 5.92 Å². The van der Waals surface area contributed by atoms with Crippen molar-refractivity contribution in [3.05, 3.63) is 125 Å². The third-order valence-corrected chi connectivity index (χ3v) is 6.03. The van der Waals surface area contributed by atoms with E-state index in [0.717, 1.165) is 22.6 Å². The number of hydrogen-bond acceptors (Lipinski definition) is 3. The summed E-state index contributed by atoms with van der Waals surface area (Å²) in [6.07, 6.45) is 0.419. The number of carbonyl (C=O) groups is 2. The highest BCUT2D eigenvalue weighted by Gasteiger charge is 2.37. The summed E-state index contributed by atoms with van der Waals surface area (Å²) in [5, 5.41) is 0. The van der Waals surface area contributed by atoms with E-state index in [4.69, 9.17) is 0 Å². The van der Waals surface area contributed by atoms with Crippen LogP contribution in [-0.4, -0.2) is 11.6 Å². The molecule has 0 N–H and O–H groups in total. The number of aryl methyl sites for hydroxylation is 1. The van der Waals surface area contributed by atoms with Gasteiger partial charge in [-0.05, 0) is 55.3 Å². The molecule has 0 atom stereocenters. The van der Waals surface area contributed by atoms with E-state index in [-0.39, 0.29) is 11.6 Å². The predicted molar refractivity (Wildman–Crippen MR) is 128 cm³/mol. The van der Waals surface area contributed by atoms with Gasteiger partial charge in [0.05, 0.1) is 5.92 Å². The quantitative estimate of drug-likeness (QED) is 0.339. The van der Waals surface area contributed by atoms with E-state index in [1.807, 2.05) is 42.5 Å². The van der Waals surface area contributed by atoms with Crippen molar-refractivity contribution in [2.24, 2.45) is 5.92 Å². The van der Waals surface area contributed by atoms with Crippen LogP contribution >= 0.6 is 0 Å². The third-order valence-electron chi connectivity index (χ3n) is 6.03. The van der Waals surface area contributed by atoms with Gasteiger partial charge in [-0.1, -0.05) is 72.3 Å². The van der Waals surface area contributed by atoms with Gasteiger partial charge in [-0.3, -0.25) is 9.59 Å². The fraction of sp³-hybridized carbons (Fsp3) is 0.103. The van der Waals surface area contributed by atoms with E-state index in [1.165, 1.54) is 5.56 Å². The van der Waals surface area contributed by atoms with Crippen molar-refractivity contribution < 1.29 is 9.59 Å². The largest absolute Gasteiger partial charge is 0.311 e. The Labute approximate surface area is 188 Å². The molecular weight excluding hydrogens is 394 g/mol. The number of hydrogen-bond donors (Lipinski definition) is 0. The highest BCUT2D eigenvalue weighted by Crippen LogP contribution is 2.35. The molecule has 0 saturated carbocycles. The Morgan fingerprint density at radius 3 is 1.62 bits per heavy atom. The van der Waals surface area contributed by atoms with Crippen molar-refractivity contribution in [3.63, 3.8) is 0 Å². The number of ketones is 2. The third kappa shape index (κ3) is 3.63. The molecule has 4 aromatic carbocycles. The van der Waals surface area contributed by atoms with Gasteiger partial charge in [0.25, 0.3) is 0 Å². The molecule has 5 rings (SSSR count). The summed E-state index contributed by atoms with van der Waals surface area (Å²) in [6, 6.07) is 33.9. The molecule has 3 heteroatoms. The molecule has 0 saturated heterocycles. The Hall–Kier alpha value is -3.98. The smallest absolute Gasteiger partial charge is 0.174 e. The van der Waals surface area contributed by atoms with Gasteiger partial charge >= 0.3 is 0 Å². The Kier molecular flexibility index (Phi) is 5.16. The van der Waals surface area contributed by atoms with Crippen molar-refractivity contribution in [2.45, 2.75) is 13.3 Å². The van der Waals surface area contributed by atoms with Gasteiger partial charge in [-0.15, -0.1) is 0 Å². The van der Waals surface area contributed by atoms with Crippen LogP contribution < -0.4 is 4.90 Å². The number of fused-ring (bicyclic) bond motifs is 1. The molecule has 1 aliphatic carbocycles. The second-order valence-corrected chi connectivity index (χ2v) is 8.20. The van der Waals surface area contributed by atoms with Crippen molar-refractivity contribution in [1.29, 1.82) is 0 Å². The lowest BCUT2D eigenvalue weighted by atomic mass is 9.94. The molecular formula is C29H23NO2. The van der Waals surface area contributed by atoms with Crippen LogP contribution in [-0.2, 0) is 6.42 Å². The van der Waals surface area contributed by atoms with Gasteiger partial charge in [0.1, 0.15) is 0 Å². The summed E-state index contributed by atoms with van der Waals surface area (Å²) in [6.45, 7) is 2.08. The minimum Gasteiger partial charge on any atom is -0.311 e. The maximum atomic E-state index is 12.8. The summed E-state index contributed by atoms with van der Waals surface area (Å²) in [5.41, 5.74) is 6.46. The summed E-state index contributed by atoms with van der Waals surface area (Å²) in [4.78, 5) is 27.7. The van der Waals surface area contributed by atoms with Crippen molar-refractivity contribution in [1.82, 2.24) is 0 Å². The summed E-state index contributed by atoms with van der Waals surface area (Å²) >= 11 is 0. The second-order valence-electron chi connectivity index (χ2n) is 8.20. The SMILES string of the molecule is Cc1ccc(N(c2ccccc2)c2ccc(CC3C(=O)c4ccccc4C3=O)cc2)cc1. The average Bonchev–Trinajstić information content (AvgIpc) is 3.07. The standard InChI is InChI=1S/C29H23NO2/c1-20-11-15-23(16-12-20)30(22-7-3-2-4-8-22)24-17-13-21(14-18-24)19-27-28(31)25-9-5-6-10-26(25)29(27)32/h2-18,27H,19H2,1H3. The first-order chi connectivity index (χ1) is 15.6. The lowest BCUT2D eigenvalue weighted by molar-refractivity contribution is 0.0838. The zero-order chi connectivity index (χ0) is 22.1. The van der Waals surface area contributed by atoms with Crippen LogP contribution in [0.1, 0.15) is 31.8 Å². The van der Waals surface area contributed by atoms with E-state index in [2.05, 4.69) is 60.4 Å². The minimum atomic E-state index is -0.624. The molecule has 0 aromatic heterocycles. The molecule has 0 bridgehead atoms. The van der Waals surface area contributed by atoms with Crippen LogP contribution in [0.3, 0.4) is 0 Å².